The first-order valence-electron chi connectivity index (χ1n) is 8.11. The molecule has 0 spiro atoms. The average Bonchev–Trinajstić information content (AvgIpc) is 2.49. The van der Waals surface area contributed by atoms with Crippen molar-refractivity contribution >= 4 is 11.9 Å². The normalized spacial score (nSPS) is 33.1. The van der Waals surface area contributed by atoms with Crippen LogP contribution in [0, 0.1) is 5.92 Å². The molecule has 0 fully saturated rings. The molecule has 1 rings (SSSR count). The van der Waals surface area contributed by atoms with Crippen molar-refractivity contribution in [1.82, 2.24) is 0 Å². The van der Waals surface area contributed by atoms with Crippen molar-refractivity contribution in [3.8, 4) is 0 Å². The Bertz CT molecular complexity index is 454. The van der Waals surface area contributed by atoms with E-state index in [0.29, 0.717) is 6.42 Å². The minimum Gasteiger partial charge on any atom is -0.461 e. The van der Waals surface area contributed by atoms with Crippen LogP contribution >= 0.6 is 0 Å². The van der Waals surface area contributed by atoms with Crippen molar-refractivity contribution in [3.05, 3.63) is 24.3 Å². The Morgan fingerprint density at radius 2 is 2.09 bits per heavy atom. The van der Waals surface area contributed by atoms with Crippen LogP contribution in [0.15, 0.2) is 24.3 Å². The molecular weight excluding hydrogens is 296 g/mol. The van der Waals surface area contributed by atoms with E-state index < -0.39 is 5.60 Å². The first kappa shape index (κ1) is 19.4. The van der Waals surface area contributed by atoms with E-state index in [9.17, 15) is 9.59 Å². The van der Waals surface area contributed by atoms with Crippen LogP contribution in [0.25, 0.3) is 0 Å². The van der Waals surface area contributed by atoms with Crippen LogP contribution in [0.5, 0.6) is 0 Å². The van der Waals surface area contributed by atoms with Gasteiger partial charge in [0.05, 0.1) is 6.10 Å². The van der Waals surface area contributed by atoms with Crippen molar-refractivity contribution < 1.29 is 23.8 Å². The van der Waals surface area contributed by atoms with Gasteiger partial charge in [-0.1, -0.05) is 19.1 Å². The number of rotatable bonds is 2. The molecule has 130 valence electrons. The second-order valence-electron chi connectivity index (χ2n) is 6.03. The Kier molecular flexibility index (Phi) is 8.03. The van der Waals surface area contributed by atoms with E-state index in [-0.39, 0.29) is 30.6 Å². The van der Waals surface area contributed by atoms with Gasteiger partial charge in [0.1, 0.15) is 12.2 Å². The summed E-state index contributed by atoms with van der Waals surface area (Å²) in [5.41, 5.74) is -0.840. The van der Waals surface area contributed by atoms with Gasteiger partial charge in [-0.25, -0.2) is 0 Å². The predicted octanol–water partition coefficient (Wildman–Crippen LogP) is 3.19. The van der Waals surface area contributed by atoms with Gasteiger partial charge in [-0.05, 0) is 38.3 Å². The largest absolute Gasteiger partial charge is 0.461 e. The van der Waals surface area contributed by atoms with E-state index >= 15 is 0 Å². The Hall–Kier alpha value is -1.62. The van der Waals surface area contributed by atoms with E-state index in [1.807, 2.05) is 19.9 Å². The van der Waals surface area contributed by atoms with Gasteiger partial charge in [-0.15, -0.1) is 0 Å². The molecule has 1 aliphatic heterocycles. The van der Waals surface area contributed by atoms with Crippen LogP contribution in [0.2, 0.25) is 0 Å². The zero-order chi connectivity index (χ0) is 17.3. The molecule has 1 heterocycles. The van der Waals surface area contributed by atoms with Crippen molar-refractivity contribution in [1.29, 1.82) is 0 Å². The summed E-state index contributed by atoms with van der Waals surface area (Å²) in [5, 5.41) is 0. The van der Waals surface area contributed by atoms with Gasteiger partial charge in [0.15, 0.2) is 0 Å². The molecule has 0 aliphatic carbocycles. The number of cyclic esters (lactones) is 1. The molecule has 0 aromatic heterocycles. The van der Waals surface area contributed by atoms with Crippen LogP contribution in [-0.4, -0.2) is 37.4 Å². The molecule has 0 radical (unpaired) electrons. The maximum Gasteiger partial charge on any atom is 0.306 e. The third-order valence-electron chi connectivity index (χ3n) is 4.15. The number of hydrogen-bond donors (Lipinski definition) is 0. The van der Waals surface area contributed by atoms with Gasteiger partial charge < -0.3 is 14.2 Å². The smallest absolute Gasteiger partial charge is 0.306 e. The van der Waals surface area contributed by atoms with Crippen LogP contribution < -0.4 is 0 Å². The molecule has 0 unspecified atom stereocenters. The molecule has 1 aliphatic rings. The molecule has 5 heteroatoms. The summed E-state index contributed by atoms with van der Waals surface area (Å²) in [6, 6.07) is 0. The molecule has 0 amide bonds. The summed E-state index contributed by atoms with van der Waals surface area (Å²) in [4.78, 5) is 23.1. The predicted molar refractivity (Wildman–Crippen MR) is 87.8 cm³/mol. The quantitative estimate of drug-likeness (QED) is 0.576. The van der Waals surface area contributed by atoms with Crippen LogP contribution in [-0.2, 0) is 23.8 Å². The molecule has 0 aromatic rings. The zero-order valence-electron chi connectivity index (χ0n) is 14.5. The lowest BCUT2D eigenvalue weighted by atomic mass is 9.85. The lowest BCUT2D eigenvalue weighted by molar-refractivity contribution is -0.158. The molecule has 0 saturated carbocycles. The number of esters is 2. The molecule has 5 nitrogen and oxygen atoms in total. The summed E-state index contributed by atoms with van der Waals surface area (Å²) in [6.45, 7) is 5.37. The highest BCUT2D eigenvalue weighted by Crippen LogP contribution is 2.29. The lowest BCUT2D eigenvalue weighted by Gasteiger charge is -2.35. The highest BCUT2D eigenvalue weighted by Gasteiger charge is 2.36. The summed E-state index contributed by atoms with van der Waals surface area (Å²) in [6.07, 6.45) is 10.4. The molecule has 0 aromatic carbocycles. The molecule has 0 bridgehead atoms. The molecular formula is C18H28O5. The van der Waals surface area contributed by atoms with Gasteiger partial charge in [-0.3, -0.25) is 9.59 Å². The van der Waals surface area contributed by atoms with E-state index in [0.717, 1.165) is 19.3 Å². The van der Waals surface area contributed by atoms with E-state index in [1.54, 1.807) is 19.3 Å². The summed E-state index contributed by atoms with van der Waals surface area (Å²) < 4.78 is 16.2. The van der Waals surface area contributed by atoms with Gasteiger partial charge in [-0.2, -0.15) is 0 Å². The molecule has 23 heavy (non-hydrogen) atoms. The summed E-state index contributed by atoms with van der Waals surface area (Å²) in [5.74, 6) is -0.656. The fourth-order valence-electron chi connectivity index (χ4n) is 2.62. The Balaban J connectivity index is 3.00. The van der Waals surface area contributed by atoms with Crippen LogP contribution in [0.1, 0.15) is 46.5 Å². The zero-order valence-corrected chi connectivity index (χ0v) is 14.5. The summed E-state index contributed by atoms with van der Waals surface area (Å²) >= 11 is 0. The van der Waals surface area contributed by atoms with E-state index in [2.05, 4.69) is 6.08 Å². The third kappa shape index (κ3) is 6.57. The highest BCUT2D eigenvalue weighted by atomic mass is 16.6. The SMILES string of the molecule is CO[C@H]1/C=C/CCCCC(=O)OC/C=C\[C@@](C)(OC(C)=O)[C@@H]1C. The van der Waals surface area contributed by atoms with Gasteiger partial charge in [0, 0.05) is 26.4 Å². The number of hydrogen-bond acceptors (Lipinski definition) is 5. The highest BCUT2D eigenvalue weighted by molar-refractivity contribution is 5.69. The fourth-order valence-corrected chi connectivity index (χ4v) is 2.62. The second kappa shape index (κ2) is 9.50. The van der Waals surface area contributed by atoms with Crippen molar-refractivity contribution in [2.75, 3.05) is 13.7 Å². The maximum atomic E-state index is 11.6. The van der Waals surface area contributed by atoms with Crippen molar-refractivity contribution in [2.45, 2.75) is 58.2 Å². The average molecular weight is 324 g/mol. The minimum atomic E-state index is -0.840. The minimum absolute atomic E-state index is 0.0949. The summed E-state index contributed by atoms with van der Waals surface area (Å²) in [7, 11) is 1.65. The molecule has 0 N–H and O–H groups in total. The van der Waals surface area contributed by atoms with Gasteiger partial charge >= 0.3 is 11.9 Å². The van der Waals surface area contributed by atoms with Gasteiger partial charge in [0.2, 0.25) is 0 Å². The fraction of sp³-hybridized carbons (Fsp3) is 0.667. The second-order valence-corrected chi connectivity index (χ2v) is 6.03. The number of carbonyl (C=O) groups is 2. The van der Waals surface area contributed by atoms with Crippen molar-refractivity contribution in [3.63, 3.8) is 0 Å². The number of allylic oxidation sites excluding steroid dienone is 1. The van der Waals surface area contributed by atoms with E-state index in [4.69, 9.17) is 14.2 Å². The number of methoxy groups -OCH3 is 1. The van der Waals surface area contributed by atoms with Gasteiger partial charge in [0.25, 0.3) is 0 Å². The topological polar surface area (TPSA) is 61.8 Å². The lowest BCUT2D eigenvalue weighted by Crippen LogP contribution is -2.42. The first-order valence-corrected chi connectivity index (χ1v) is 8.11. The third-order valence-corrected chi connectivity index (χ3v) is 4.15. The Labute approximate surface area is 138 Å². The monoisotopic (exact) mass is 324 g/mol. The molecule has 3 atom stereocenters. The van der Waals surface area contributed by atoms with Crippen LogP contribution in [0.3, 0.4) is 0 Å². The maximum absolute atomic E-state index is 11.6. The number of ether oxygens (including phenoxy) is 3. The van der Waals surface area contributed by atoms with E-state index in [1.165, 1.54) is 6.92 Å². The van der Waals surface area contributed by atoms with Crippen molar-refractivity contribution in [2.24, 2.45) is 5.92 Å². The standard InChI is InChI=1S/C18H28O5/c1-14-16(21-4)10-7-5-6-8-11-17(20)22-13-9-12-18(14,3)23-15(2)19/h7,9-10,12,14,16H,5-6,8,11,13H2,1-4H3/b10-7+,12-9-/t14-,16+,18-/m1/s1. The Morgan fingerprint density at radius 1 is 1.35 bits per heavy atom. The Morgan fingerprint density at radius 3 is 2.74 bits per heavy atom. The molecule has 0 saturated heterocycles. The number of carbonyl (C=O) groups excluding carboxylic acids is 2. The van der Waals surface area contributed by atoms with Crippen LogP contribution in [0.4, 0.5) is 0 Å². The first-order chi connectivity index (χ1) is 10.9.